The smallest absolute Gasteiger partial charge is 0.290 e. The Labute approximate surface area is 147 Å². The molecule has 1 aromatic rings. The number of aryl methyl sites for hydroxylation is 1. The van der Waals surface area contributed by atoms with E-state index in [1.165, 1.54) is 6.07 Å². The predicted octanol–water partition coefficient (Wildman–Crippen LogP) is 1.25. The van der Waals surface area contributed by atoms with Gasteiger partial charge in [0.1, 0.15) is 5.82 Å². The van der Waals surface area contributed by atoms with E-state index in [1.54, 1.807) is 12.1 Å². The van der Waals surface area contributed by atoms with Gasteiger partial charge in [-0.2, -0.15) is 0 Å². The number of ether oxygens (including phenoxy) is 1. The zero-order valence-electron chi connectivity index (χ0n) is 14.4. The van der Waals surface area contributed by atoms with Crippen LogP contribution in [0.1, 0.15) is 12.0 Å². The SMILES string of the molecule is CN1C[C@H]2COC[C@@H]1CN(C(=O)CCc1ccccc1F)C2.O=CO. The first kappa shape index (κ1) is 19.3. The molecule has 2 heterocycles. The highest BCUT2D eigenvalue weighted by Crippen LogP contribution is 2.19. The van der Waals surface area contributed by atoms with E-state index in [-0.39, 0.29) is 24.2 Å². The highest BCUT2D eigenvalue weighted by Gasteiger charge is 2.33. The Hall–Kier alpha value is -1.99. The molecule has 2 bridgehead atoms. The molecule has 0 radical (unpaired) electrons. The van der Waals surface area contributed by atoms with Crippen LogP contribution in [-0.2, 0) is 20.7 Å². The van der Waals surface area contributed by atoms with Crippen molar-refractivity contribution < 1.29 is 23.8 Å². The maximum absolute atomic E-state index is 13.6. The van der Waals surface area contributed by atoms with Gasteiger partial charge in [-0.15, -0.1) is 0 Å². The van der Waals surface area contributed by atoms with E-state index in [2.05, 4.69) is 11.9 Å². The summed E-state index contributed by atoms with van der Waals surface area (Å²) in [6, 6.07) is 6.95. The van der Waals surface area contributed by atoms with Crippen LogP contribution in [0.25, 0.3) is 0 Å². The van der Waals surface area contributed by atoms with Crippen molar-refractivity contribution in [1.82, 2.24) is 9.80 Å². The van der Waals surface area contributed by atoms with Crippen LogP contribution in [0, 0.1) is 11.7 Å². The van der Waals surface area contributed by atoms with E-state index < -0.39 is 0 Å². The molecule has 1 amide bonds. The predicted molar refractivity (Wildman–Crippen MR) is 90.7 cm³/mol. The third-order valence-electron chi connectivity index (χ3n) is 4.66. The largest absolute Gasteiger partial charge is 0.483 e. The molecule has 3 rings (SSSR count). The summed E-state index contributed by atoms with van der Waals surface area (Å²) in [6.45, 7) is 3.59. The van der Waals surface area contributed by atoms with Gasteiger partial charge in [-0.25, -0.2) is 4.39 Å². The third kappa shape index (κ3) is 5.51. The number of likely N-dealkylation sites (N-methyl/N-ethyl adjacent to an activating group) is 1. The molecule has 2 saturated heterocycles. The van der Waals surface area contributed by atoms with Crippen LogP contribution in [0.15, 0.2) is 24.3 Å². The quantitative estimate of drug-likeness (QED) is 0.829. The first-order valence-electron chi connectivity index (χ1n) is 8.42. The van der Waals surface area contributed by atoms with Gasteiger partial charge < -0.3 is 14.7 Å². The monoisotopic (exact) mass is 352 g/mol. The minimum absolute atomic E-state index is 0.121. The molecule has 1 aromatic carbocycles. The summed E-state index contributed by atoms with van der Waals surface area (Å²) in [4.78, 5) is 25.1. The number of rotatable bonds is 3. The van der Waals surface area contributed by atoms with Crippen LogP contribution in [0.5, 0.6) is 0 Å². The van der Waals surface area contributed by atoms with Gasteiger partial charge in [0.15, 0.2) is 0 Å². The van der Waals surface area contributed by atoms with Crippen molar-refractivity contribution in [3.63, 3.8) is 0 Å². The highest BCUT2D eigenvalue weighted by molar-refractivity contribution is 5.76. The van der Waals surface area contributed by atoms with Crippen molar-refractivity contribution >= 4 is 12.4 Å². The third-order valence-corrected chi connectivity index (χ3v) is 4.66. The Morgan fingerprint density at radius 2 is 2.04 bits per heavy atom. The van der Waals surface area contributed by atoms with Gasteiger partial charge in [0.05, 0.1) is 19.3 Å². The number of amides is 1. The second-order valence-electron chi connectivity index (χ2n) is 6.49. The fourth-order valence-electron chi connectivity index (χ4n) is 3.35. The van der Waals surface area contributed by atoms with Crippen molar-refractivity contribution in [2.45, 2.75) is 18.9 Å². The molecule has 0 aliphatic carbocycles. The van der Waals surface area contributed by atoms with Crippen LogP contribution in [0.3, 0.4) is 0 Å². The molecule has 1 N–H and O–H groups in total. The lowest BCUT2D eigenvalue weighted by atomic mass is 10.1. The van der Waals surface area contributed by atoms with Crippen molar-refractivity contribution in [2.75, 3.05) is 39.9 Å². The molecule has 25 heavy (non-hydrogen) atoms. The van der Waals surface area contributed by atoms with Crippen LogP contribution in [0.2, 0.25) is 0 Å². The molecule has 0 spiro atoms. The molecular weight excluding hydrogens is 327 g/mol. The normalized spacial score (nSPS) is 23.2. The number of carboxylic acid groups (broad SMARTS) is 1. The zero-order chi connectivity index (χ0) is 18.2. The zero-order valence-corrected chi connectivity index (χ0v) is 14.4. The molecule has 2 atom stereocenters. The molecular formula is C18H25FN2O4. The summed E-state index contributed by atoms with van der Waals surface area (Å²) in [5.74, 6) is 0.265. The number of nitrogens with zero attached hydrogens (tertiary/aromatic N) is 2. The van der Waals surface area contributed by atoms with E-state index in [0.717, 1.165) is 19.7 Å². The first-order chi connectivity index (χ1) is 12.0. The van der Waals surface area contributed by atoms with Gasteiger partial charge in [-0.1, -0.05) is 18.2 Å². The Morgan fingerprint density at radius 3 is 2.76 bits per heavy atom. The van der Waals surface area contributed by atoms with Crippen molar-refractivity contribution in [3.8, 4) is 0 Å². The van der Waals surface area contributed by atoms with E-state index in [1.807, 2.05) is 11.0 Å². The summed E-state index contributed by atoms with van der Waals surface area (Å²) in [5, 5.41) is 6.89. The molecule has 0 aromatic heterocycles. The molecule has 0 saturated carbocycles. The molecule has 138 valence electrons. The van der Waals surface area contributed by atoms with E-state index in [0.29, 0.717) is 37.5 Å². The van der Waals surface area contributed by atoms with Gasteiger partial charge >= 0.3 is 0 Å². The lowest BCUT2D eigenvalue weighted by molar-refractivity contribution is -0.133. The summed E-state index contributed by atoms with van der Waals surface area (Å²) in [5.41, 5.74) is 0.617. The lowest BCUT2D eigenvalue weighted by Gasteiger charge is -2.29. The summed E-state index contributed by atoms with van der Waals surface area (Å²) >= 11 is 0. The average molecular weight is 352 g/mol. The minimum Gasteiger partial charge on any atom is -0.483 e. The van der Waals surface area contributed by atoms with Crippen LogP contribution in [0.4, 0.5) is 4.39 Å². The standard InChI is InChI=1S/C17H23FN2O2.CH2O2/c1-19-8-13-9-20(10-15(19)12-22-11-13)17(21)7-6-14-4-2-3-5-16(14)18;2-1-3/h2-5,13,15H,6-12H2,1H3;1H,(H,2,3)/t13-,15+;/m1./s1. The van der Waals surface area contributed by atoms with Gasteiger partial charge in [0.25, 0.3) is 6.47 Å². The van der Waals surface area contributed by atoms with Gasteiger partial charge in [-0.05, 0) is 25.1 Å². The Balaban J connectivity index is 0.000000701. The summed E-state index contributed by atoms with van der Waals surface area (Å²) < 4.78 is 19.3. The number of carbonyl (C=O) groups is 2. The maximum Gasteiger partial charge on any atom is 0.290 e. The lowest BCUT2D eigenvalue weighted by Crippen LogP contribution is -2.44. The second kappa shape index (κ2) is 9.48. The van der Waals surface area contributed by atoms with Crippen molar-refractivity contribution in [1.29, 1.82) is 0 Å². The fourth-order valence-corrected chi connectivity index (χ4v) is 3.35. The Kier molecular flexibility index (Phi) is 7.33. The Morgan fingerprint density at radius 1 is 1.32 bits per heavy atom. The van der Waals surface area contributed by atoms with E-state index >= 15 is 0 Å². The van der Waals surface area contributed by atoms with E-state index in [9.17, 15) is 9.18 Å². The number of fused-ring (bicyclic) bond motifs is 3. The molecule has 0 unspecified atom stereocenters. The van der Waals surface area contributed by atoms with Crippen LogP contribution < -0.4 is 0 Å². The average Bonchev–Trinajstić information content (AvgIpc) is 2.83. The Bertz CT molecular complexity index is 584. The number of benzene rings is 1. The van der Waals surface area contributed by atoms with Crippen LogP contribution in [-0.4, -0.2) is 73.2 Å². The van der Waals surface area contributed by atoms with E-state index in [4.69, 9.17) is 14.6 Å². The van der Waals surface area contributed by atoms with Gasteiger partial charge in [-0.3, -0.25) is 14.5 Å². The molecule has 2 aliphatic rings. The maximum atomic E-state index is 13.6. The fraction of sp³-hybridized carbons (Fsp3) is 0.556. The van der Waals surface area contributed by atoms with Crippen molar-refractivity contribution in [3.05, 3.63) is 35.6 Å². The molecule has 2 aliphatic heterocycles. The topological polar surface area (TPSA) is 70.1 Å². The summed E-state index contributed by atoms with van der Waals surface area (Å²) in [6.07, 6.45) is 0.828. The molecule has 6 nitrogen and oxygen atoms in total. The van der Waals surface area contributed by atoms with Crippen molar-refractivity contribution in [2.24, 2.45) is 5.92 Å². The van der Waals surface area contributed by atoms with Gasteiger partial charge in [0, 0.05) is 32.0 Å². The molecule has 7 heteroatoms. The highest BCUT2D eigenvalue weighted by atomic mass is 19.1. The minimum atomic E-state index is -0.250. The van der Waals surface area contributed by atoms with Gasteiger partial charge in [0.2, 0.25) is 5.91 Å². The second-order valence-corrected chi connectivity index (χ2v) is 6.49. The van der Waals surface area contributed by atoms with Crippen LogP contribution >= 0.6 is 0 Å². The first-order valence-corrected chi connectivity index (χ1v) is 8.42. The molecule has 2 fully saturated rings. The number of hydrogen-bond acceptors (Lipinski definition) is 4. The summed E-state index contributed by atoms with van der Waals surface area (Å²) in [7, 11) is 2.10. The number of carbonyl (C=O) groups excluding carboxylic acids is 1. The number of hydrogen-bond donors (Lipinski definition) is 1. The number of halogens is 1.